The summed E-state index contributed by atoms with van der Waals surface area (Å²) in [5, 5.41) is 2.81. The number of rotatable bonds is 5. The molecule has 4 heteroatoms. The number of ether oxygens (including phenoxy) is 1. The van der Waals surface area contributed by atoms with Crippen LogP contribution in [0.4, 0.5) is 0 Å². The van der Waals surface area contributed by atoms with Gasteiger partial charge in [-0.2, -0.15) is 0 Å². The van der Waals surface area contributed by atoms with E-state index >= 15 is 0 Å². The molecule has 1 atom stereocenters. The molecule has 0 aliphatic heterocycles. The van der Waals surface area contributed by atoms with Gasteiger partial charge in [-0.05, 0) is 30.2 Å². The normalized spacial score (nSPS) is 13.1. The zero-order valence-corrected chi connectivity index (χ0v) is 11.5. The zero-order valence-electron chi connectivity index (χ0n) is 11.5. The number of carbonyl (C=O) groups is 1. The third kappa shape index (κ3) is 4.04. The smallest absolute Gasteiger partial charge is 0.238 e. The molecule has 0 heterocycles. The molecule has 0 aliphatic carbocycles. The summed E-state index contributed by atoms with van der Waals surface area (Å²) in [6.07, 6.45) is 0. The van der Waals surface area contributed by atoms with Crippen molar-refractivity contribution in [2.75, 3.05) is 13.7 Å². The third-order valence-electron chi connectivity index (χ3n) is 2.83. The number of nitrogens with two attached hydrogens (primary N) is 1. The van der Waals surface area contributed by atoms with Gasteiger partial charge in [-0.1, -0.05) is 32.9 Å². The van der Waals surface area contributed by atoms with Crippen LogP contribution < -0.4 is 15.8 Å². The number of carbonyl (C=O) groups excluding carboxylic acids is 1. The number of likely N-dealkylation sites (N-methyl/N-ethyl adjacent to an activating group) is 1. The van der Waals surface area contributed by atoms with Crippen LogP contribution in [0, 0.1) is 0 Å². The van der Waals surface area contributed by atoms with E-state index in [1.807, 2.05) is 24.3 Å². The summed E-state index contributed by atoms with van der Waals surface area (Å²) >= 11 is 0. The second-order valence-electron chi connectivity index (χ2n) is 5.33. The number of hydrogen-bond donors (Lipinski definition) is 2. The molecule has 0 saturated heterocycles. The van der Waals surface area contributed by atoms with Gasteiger partial charge >= 0.3 is 0 Å². The zero-order chi connectivity index (χ0) is 13.8. The van der Waals surface area contributed by atoms with E-state index in [1.54, 1.807) is 7.05 Å². The van der Waals surface area contributed by atoms with E-state index in [4.69, 9.17) is 10.5 Å². The summed E-state index contributed by atoms with van der Waals surface area (Å²) in [6.45, 7) is 6.72. The largest absolute Gasteiger partial charge is 0.491 e. The van der Waals surface area contributed by atoms with E-state index in [9.17, 15) is 4.79 Å². The second kappa shape index (κ2) is 5.87. The van der Waals surface area contributed by atoms with Crippen molar-refractivity contribution in [3.63, 3.8) is 0 Å². The minimum Gasteiger partial charge on any atom is -0.491 e. The molecule has 0 radical (unpaired) electrons. The Morgan fingerprint density at radius 2 is 1.89 bits per heavy atom. The lowest BCUT2D eigenvalue weighted by Gasteiger charge is -2.19. The summed E-state index contributed by atoms with van der Waals surface area (Å²) in [5.41, 5.74) is 6.58. The van der Waals surface area contributed by atoms with Gasteiger partial charge in [0.1, 0.15) is 18.4 Å². The fourth-order valence-corrected chi connectivity index (χ4v) is 1.54. The van der Waals surface area contributed by atoms with Crippen molar-refractivity contribution in [3.8, 4) is 5.75 Å². The first-order valence-electron chi connectivity index (χ1n) is 6.04. The molecule has 1 aromatic rings. The number of nitrogens with one attached hydrogen (secondary N) is 1. The molecule has 1 unspecified atom stereocenters. The second-order valence-corrected chi connectivity index (χ2v) is 5.33. The summed E-state index contributed by atoms with van der Waals surface area (Å²) in [5.74, 6) is 0.327. The Hall–Kier alpha value is -1.55. The summed E-state index contributed by atoms with van der Waals surface area (Å²) < 4.78 is 5.52. The molecular formula is C14H22N2O2. The van der Waals surface area contributed by atoms with Crippen LogP contribution in [-0.4, -0.2) is 25.6 Å². The fourth-order valence-electron chi connectivity index (χ4n) is 1.54. The molecule has 1 rings (SSSR count). The van der Waals surface area contributed by atoms with Gasteiger partial charge in [-0.3, -0.25) is 4.79 Å². The van der Waals surface area contributed by atoms with Crippen LogP contribution in [-0.2, 0) is 10.2 Å². The summed E-state index contributed by atoms with van der Waals surface area (Å²) in [7, 11) is 1.68. The molecule has 1 aromatic carbocycles. The predicted octanol–water partition coefficient (Wildman–Crippen LogP) is 1.44. The van der Waals surface area contributed by atoms with Gasteiger partial charge in [0.2, 0.25) is 5.91 Å². The number of benzene rings is 1. The Bertz CT molecular complexity index is 393. The van der Waals surface area contributed by atoms with Gasteiger partial charge in [0, 0.05) is 0 Å². The highest BCUT2D eigenvalue weighted by atomic mass is 16.5. The molecule has 1 amide bonds. The molecule has 0 saturated carbocycles. The van der Waals surface area contributed by atoms with Crippen LogP contribution in [0.3, 0.4) is 0 Å². The molecule has 0 spiro atoms. The van der Waals surface area contributed by atoms with E-state index in [1.165, 1.54) is 5.56 Å². The Morgan fingerprint density at radius 1 is 1.33 bits per heavy atom. The summed E-state index contributed by atoms with van der Waals surface area (Å²) in [6, 6.07) is 7.43. The minimum atomic E-state index is -0.465. The number of amides is 1. The number of primary amides is 1. The van der Waals surface area contributed by atoms with E-state index in [-0.39, 0.29) is 12.0 Å². The molecule has 100 valence electrons. The van der Waals surface area contributed by atoms with E-state index < -0.39 is 11.9 Å². The average molecular weight is 250 g/mol. The molecule has 0 fully saturated rings. The predicted molar refractivity (Wildman–Crippen MR) is 72.7 cm³/mol. The van der Waals surface area contributed by atoms with Gasteiger partial charge in [-0.15, -0.1) is 0 Å². The van der Waals surface area contributed by atoms with Crippen LogP contribution in [0.25, 0.3) is 0 Å². The molecule has 0 aliphatic rings. The standard InChI is InChI=1S/C14H22N2O2/c1-14(2,3)10-5-7-11(8-6-10)18-9-12(16-4)13(15)17/h5-8,12,16H,9H2,1-4H3,(H2,15,17). The van der Waals surface area contributed by atoms with Gasteiger partial charge in [0.15, 0.2) is 0 Å². The molecule has 18 heavy (non-hydrogen) atoms. The maximum absolute atomic E-state index is 11.0. The lowest BCUT2D eigenvalue weighted by molar-refractivity contribution is -0.120. The Labute approximate surface area is 109 Å². The first kappa shape index (κ1) is 14.5. The molecular weight excluding hydrogens is 228 g/mol. The van der Waals surface area contributed by atoms with Gasteiger partial charge < -0.3 is 15.8 Å². The quantitative estimate of drug-likeness (QED) is 0.831. The SMILES string of the molecule is CNC(COc1ccc(C(C)(C)C)cc1)C(N)=O. The van der Waals surface area contributed by atoms with Gasteiger partial charge in [0.05, 0.1) is 0 Å². The van der Waals surface area contributed by atoms with Crippen molar-refractivity contribution in [3.05, 3.63) is 29.8 Å². The first-order valence-corrected chi connectivity index (χ1v) is 6.04. The Balaban J connectivity index is 2.62. The van der Waals surface area contributed by atoms with E-state index in [0.29, 0.717) is 0 Å². The van der Waals surface area contributed by atoms with Gasteiger partial charge in [-0.25, -0.2) is 0 Å². The van der Waals surface area contributed by atoms with Crippen LogP contribution in [0.5, 0.6) is 5.75 Å². The minimum absolute atomic E-state index is 0.124. The van der Waals surface area contributed by atoms with Crippen molar-refractivity contribution >= 4 is 5.91 Å². The monoisotopic (exact) mass is 250 g/mol. The Morgan fingerprint density at radius 3 is 2.28 bits per heavy atom. The van der Waals surface area contributed by atoms with Crippen LogP contribution in [0.1, 0.15) is 26.3 Å². The number of hydrogen-bond acceptors (Lipinski definition) is 3. The molecule has 3 N–H and O–H groups in total. The van der Waals surface area contributed by atoms with Crippen molar-refractivity contribution in [2.24, 2.45) is 5.73 Å². The van der Waals surface area contributed by atoms with Gasteiger partial charge in [0.25, 0.3) is 0 Å². The topological polar surface area (TPSA) is 64.3 Å². The van der Waals surface area contributed by atoms with E-state index in [2.05, 4.69) is 26.1 Å². The first-order chi connectivity index (χ1) is 8.34. The highest BCUT2D eigenvalue weighted by Crippen LogP contribution is 2.24. The average Bonchev–Trinajstić information content (AvgIpc) is 2.29. The van der Waals surface area contributed by atoms with Crippen molar-refractivity contribution in [2.45, 2.75) is 32.2 Å². The third-order valence-corrected chi connectivity index (χ3v) is 2.83. The van der Waals surface area contributed by atoms with Crippen molar-refractivity contribution in [1.82, 2.24) is 5.32 Å². The van der Waals surface area contributed by atoms with Crippen molar-refractivity contribution < 1.29 is 9.53 Å². The lowest BCUT2D eigenvalue weighted by Crippen LogP contribution is -2.43. The Kier molecular flexibility index (Phi) is 4.73. The van der Waals surface area contributed by atoms with E-state index in [0.717, 1.165) is 5.75 Å². The van der Waals surface area contributed by atoms with Crippen LogP contribution in [0.2, 0.25) is 0 Å². The lowest BCUT2D eigenvalue weighted by atomic mass is 9.87. The van der Waals surface area contributed by atoms with Crippen LogP contribution >= 0.6 is 0 Å². The fraction of sp³-hybridized carbons (Fsp3) is 0.500. The van der Waals surface area contributed by atoms with Crippen molar-refractivity contribution in [1.29, 1.82) is 0 Å². The highest BCUT2D eigenvalue weighted by molar-refractivity contribution is 5.79. The maximum Gasteiger partial charge on any atom is 0.238 e. The summed E-state index contributed by atoms with van der Waals surface area (Å²) in [4.78, 5) is 11.0. The maximum atomic E-state index is 11.0. The molecule has 0 aromatic heterocycles. The van der Waals surface area contributed by atoms with Crippen LogP contribution in [0.15, 0.2) is 24.3 Å². The molecule has 0 bridgehead atoms. The molecule has 4 nitrogen and oxygen atoms in total. The highest BCUT2D eigenvalue weighted by Gasteiger charge is 2.15.